The molecule has 2 aromatic carbocycles. The number of anilines is 1. The second kappa shape index (κ2) is 5.48. The van der Waals surface area contributed by atoms with Crippen molar-refractivity contribution in [2.75, 3.05) is 5.32 Å². The molecular formula is C16H15BrN2O2. The van der Waals surface area contributed by atoms with Crippen LogP contribution >= 0.6 is 15.9 Å². The third-order valence-corrected chi connectivity index (χ3v) is 4.44. The van der Waals surface area contributed by atoms with E-state index in [0.717, 1.165) is 28.6 Å². The van der Waals surface area contributed by atoms with Gasteiger partial charge in [-0.05, 0) is 48.6 Å². The van der Waals surface area contributed by atoms with Gasteiger partial charge in [-0.25, -0.2) is 0 Å². The van der Waals surface area contributed by atoms with Crippen molar-refractivity contribution in [2.45, 2.75) is 25.8 Å². The molecule has 1 aliphatic rings. The summed E-state index contributed by atoms with van der Waals surface area (Å²) in [5.74, 6) is 0. The van der Waals surface area contributed by atoms with Crippen LogP contribution in [0.3, 0.4) is 0 Å². The number of hydrogen-bond acceptors (Lipinski definition) is 3. The van der Waals surface area contributed by atoms with E-state index < -0.39 is 0 Å². The number of nitro groups is 1. The first-order chi connectivity index (χ1) is 10.0. The van der Waals surface area contributed by atoms with Crippen molar-refractivity contribution < 1.29 is 4.92 Å². The number of hydrogen-bond donors (Lipinski definition) is 1. The second-order valence-electron chi connectivity index (χ2n) is 5.34. The van der Waals surface area contributed by atoms with Crippen molar-refractivity contribution >= 4 is 27.3 Å². The van der Waals surface area contributed by atoms with Gasteiger partial charge in [-0.15, -0.1) is 0 Å². The summed E-state index contributed by atoms with van der Waals surface area (Å²) in [6.07, 6.45) is 2.04. The van der Waals surface area contributed by atoms with Gasteiger partial charge in [0.2, 0.25) is 0 Å². The Morgan fingerprint density at radius 3 is 2.86 bits per heavy atom. The summed E-state index contributed by atoms with van der Waals surface area (Å²) in [6, 6.07) is 11.5. The fourth-order valence-corrected chi connectivity index (χ4v) is 3.21. The first-order valence-electron chi connectivity index (χ1n) is 6.84. The summed E-state index contributed by atoms with van der Waals surface area (Å²) in [5, 5.41) is 14.4. The number of halogens is 1. The third kappa shape index (κ3) is 2.78. The van der Waals surface area contributed by atoms with Crippen LogP contribution in [0.2, 0.25) is 0 Å². The number of fused-ring (bicyclic) bond motifs is 1. The van der Waals surface area contributed by atoms with Gasteiger partial charge in [-0.1, -0.05) is 28.1 Å². The first-order valence-corrected chi connectivity index (χ1v) is 7.64. The van der Waals surface area contributed by atoms with E-state index in [4.69, 9.17) is 0 Å². The highest BCUT2D eigenvalue weighted by Gasteiger charge is 2.23. The van der Waals surface area contributed by atoms with Gasteiger partial charge in [0, 0.05) is 22.3 Å². The Labute approximate surface area is 131 Å². The summed E-state index contributed by atoms with van der Waals surface area (Å²) in [4.78, 5) is 10.6. The van der Waals surface area contributed by atoms with Crippen LogP contribution < -0.4 is 5.32 Å². The molecule has 0 bridgehead atoms. The van der Waals surface area contributed by atoms with Crippen LogP contribution in [0.1, 0.15) is 29.2 Å². The zero-order valence-electron chi connectivity index (χ0n) is 11.6. The van der Waals surface area contributed by atoms with Gasteiger partial charge in [0.25, 0.3) is 5.69 Å². The SMILES string of the molecule is Cc1ccc([N+](=O)[O-])cc1NC1CCc2cc(Br)ccc21. The minimum absolute atomic E-state index is 0.122. The lowest BCUT2D eigenvalue weighted by molar-refractivity contribution is -0.384. The second-order valence-corrected chi connectivity index (χ2v) is 6.25. The van der Waals surface area contributed by atoms with E-state index in [1.54, 1.807) is 18.2 Å². The Balaban J connectivity index is 1.89. The molecule has 0 aliphatic heterocycles. The van der Waals surface area contributed by atoms with Crippen molar-refractivity contribution in [1.82, 2.24) is 0 Å². The first kappa shape index (κ1) is 14.1. The molecule has 3 rings (SSSR count). The Kier molecular flexibility index (Phi) is 3.68. The van der Waals surface area contributed by atoms with E-state index in [-0.39, 0.29) is 16.7 Å². The van der Waals surface area contributed by atoms with Gasteiger partial charge in [0.05, 0.1) is 11.0 Å². The maximum absolute atomic E-state index is 10.9. The fourth-order valence-electron chi connectivity index (χ4n) is 2.80. The molecule has 0 heterocycles. The zero-order chi connectivity index (χ0) is 15.0. The number of aryl methyl sites for hydroxylation is 2. The van der Waals surface area contributed by atoms with Gasteiger partial charge in [0.1, 0.15) is 0 Å². The predicted octanol–water partition coefficient (Wildman–Crippen LogP) is 4.77. The lowest BCUT2D eigenvalue weighted by atomic mass is 10.1. The molecule has 1 unspecified atom stereocenters. The zero-order valence-corrected chi connectivity index (χ0v) is 13.2. The lowest BCUT2D eigenvalue weighted by Crippen LogP contribution is -2.08. The molecule has 2 aromatic rings. The largest absolute Gasteiger partial charge is 0.378 e. The Hall–Kier alpha value is -1.88. The molecule has 21 heavy (non-hydrogen) atoms. The minimum atomic E-state index is -0.357. The standard InChI is InChI=1S/C16H15BrN2O2/c1-10-2-5-13(19(20)21)9-16(10)18-15-7-3-11-8-12(17)4-6-14(11)15/h2,4-6,8-9,15,18H,3,7H2,1H3. The molecule has 0 fully saturated rings. The average Bonchev–Trinajstić information content (AvgIpc) is 2.83. The van der Waals surface area contributed by atoms with Crippen LogP contribution in [-0.4, -0.2) is 4.92 Å². The fraction of sp³-hybridized carbons (Fsp3) is 0.250. The molecule has 0 saturated carbocycles. The number of nitrogens with one attached hydrogen (secondary N) is 1. The van der Waals surface area contributed by atoms with Gasteiger partial charge in [0.15, 0.2) is 0 Å². The summed E-state index contributed by atoms with van der Waals surface area (Å²) in [6.45, 7) is 1.96. The van der Waals surface area contributed by atoms with Gasteiger partial charge < -0.3 is 5.32 Å². The monoisotopic (exact) mass is 346 g/mol. The number of non-ortho nitro benzene ring substituents is 1. The van der Waals surface area contributed by atoms with Crippen molar-refractivity contribution in [3.8, 4) is 0 Å². The summed E-state index contributed by atoms with van der Waals surface area (Å²) >= 11 is 3.49. The molecule has 5 heteroatoms. The Morgan fingerprint density at radius 1 is 1.29 bits per heavy atom. The maximum Gasteiger partial charge on any atom is 0.271 e. The number of nitrogens with zero attached hydrogens (tertiary/aromatic N) is 1. The highest BCUT2D eigenvalue weighted by atomic mass is 79.9. The van der Waals surface area contributed by atoms with E-state index in [2.05, 4.69) is 33.4 Å². The van der Waals surface area contributed by atoms with Crippen LogP contribution in [0.25, 0.3) is 0 Å². The van der Waals surface area contributed by atoms with E-state index in [0.29, 0.717) is 0 Å². The van der Waals surface area contributed by atoms with Crippen LogP contribution in [-0.2, 0) is 6.42 Å². The summed E-state index contributed by atoms with van der Waals surface area (Å²) in [7, 11) is 0. The van der Waals surface area contributed by atoms with E-state index in [1.807, 2.05) is 13.0 Å². The number of rotatable bonds is 3. The van der Waals surface area contributed by atoms with Crippen molar-refractivity contribution in [3.63, 3.8) is 0 Å². The highest BCUT2D eigenvalue weighted by Crippen LogP contribution is 2.36. The minimum Gasteiger partial charge on any atom is -0.378 e. The van der Waals surface area contributed by atoms with Gasteiger partial charge in [-0.3, -0.25) is 10.1 Å². The highest BCUT2D eigenvalue weighted by molar-refractivity contribution is 9.10. The third-order valence-electron chi connectivity index (χ3n) is 3.94. The van der Waals surface area contributed by atoms with Gasteiger partial charge >= 0.3 is 0 Å². The molecule has 1 N–H and O–H groups in total. The van der Waals surface area contributed by atoms with Crippen LogP contribution in [0.5, 0.6) is 0 Å². The average molecular weight is 347 g/mol. The predicted molar refractivity (Wildman–Crippen MR) is 86.7 cm³/mol. The molecular weight excluding hydrogens is 332 g/mol. The van der Waals surface area contributed by atoms with Crippen molar-refractivity contribution in [1.29, 1.82) is 0 Å². The van der Waals surface area contributed by atoms with Crippen LogP contribution in [0, 0.1) is 17.0 Å². The van der Waals surface area contributed by atoms with E-state index in [9.17, 15) is 10.1 Å². The molecule has 0 amide bonds. The van der Waals surface area contributed by atoms with Crippen molar-refractivity contribution in [2.24, 2.45) is 0 Å². The van der Waals surface area contributed by atoms with E-state index in [1.165, 1.54) is 11.1 Å². The molecule has 108 valence electrons. The maximum atomic E-state index is 10.9. The number of nitro benzene ring substituents is 1. The summed E-state index contributed by atoms with van der Waals surface area (Å²) in [5.41, 5.74) is 4.60. The molecule has 1 aliphatic carbocycles. The van der Waals surface area contributed by atoms with E-state index >= 15 is 0 Å². The smallest absolute Gasteiger partial charge is 0.271 e. The molecule has 4 nitrogen and oxygen atoms in total. The molecule has 0 saturated heterocycles. The molecule has 0 radical (unpaired) electrons. The summed E-state index contributed by atoms with van der Waals surface area (Å²) < 4.78 is 1.09. The van der Waals surface area contributed by atoms with Crippen molar-refractivity contribution in [3.05, 3.63) is 67.7 Å². The Morgan fingerprint density at radius 2 is 2.10 bits per heavy atom. The quantitative estimate of drug-likeness (QED) is 0.643. The Bertz CT molecular complexity index is 715. The molecule has 1 atom stereocenters. The molecule has 0 spiro atoms. The van der Waals surface area contributed by atoms with Gasteiger partial charge in [-0.2, -0.15) is 0 Å². The van der Waals surface area contributed by atoms with Crippen LogP contribution in [0.15, 0.2) is 40.9 Å². The topological polar surface area (TPSA) is 55.2 Å². The molecule has 0 aromatic heterocycles. The normalized spacial score (nSPS) is 16.6. The lowest BCUT2D eigenvalue weighted by Gasteiger charge is -2.17. The van der Waals surface area contributed by atoms with Crippen LogP contribution in [0.4, 0.5) is 11.4 Å². The number of benzene rings is 2.